The smallest absolute Gasteiger partial charge is 0.226 e. The van der Waals surface area contributed by atoms with E-state index >= 15 is 0 Å². The molecule has 4 nitrogen and oxygen atoms in total. The van der Waals surface area contributed by atoms with Crippen LogP contribution < -0.4 is 5.32 Å². The van der Waals surface area contributed by atoms with Gasteiger partial charge < -0.3 is 10.1 Å². The van der Waals surface area contributed by atoms with Crippen LogP contribution in [0.2, 0.25) is 0 Å². The fourth-order valence-electron chi connectivity index (χ4n) is 2.73. The van der Waals surface area contributed by atoms with Crippen LogP contribution in [0.15, 0.2) is 30.3 Å². The molecule has 1 saturated heterocycles. The molecule has 1 N–H and O–H groups in total. The molecule has 2 rings (SSSR count). The fraction of sp³-hybridized carbons (Fsp3) is 0.500. The molecule has 1 aliphatic heterocycles. The highest BCUT2D eigenvalue weighted by molar-refractivity contribution is 5.99. The van der Waals surface area contributed by atoms with Gasteiger partial charge in [-0.1, -0.05) is 37.3 Å². The van der Waals surface area contributed by atoms with Crippen LogP contribution in [0, 0.1) is 11.8 Å². The summed E-state index contributed by atoms with van der Waals surface area (Å²) < 4.78 is 5.65. The highest BCUT2D eigenvalue weighted by atomic mass is 16.5. The van der Waals surface area contributed by atoms with E-state index < -0.39 is 0 Å². The Morgan fingerprint density at radius 1 is 1.10 bits per heavy atom. The van der Waals surface area contributed by atoms with Crippen LogP contribution in [0.4, 0.5) is 0 Å². The fourth-order valence-corrected chi connectivity index (χ4v) is 2.73. The quantitative estimate of drug-likeness (QED) is 0.856. The molecule has 0 radical (unpaired) electrons. The molecule has 108 valence electrons. The van der Waals surface area contributed by atoms with Gasteiger partial charge in [0.25, 0.3) is 0 Å². The van der Waals surface area contributed by atoms with Crippen molar-refractivity contribution in [2.24, 2.45) is 11.8 Å². The van der Waals surface area contributed by atoms with E-state index in [1.54, 1.807) is 12.1 Å². The topological polar surface area (TPSA) is 55.4 Å². The minimum absolute atomic E-state index is 0.0349. The predicted octanol–water partition coefficient (Wildman–Crippen LogP) is 2.04. The van der Waals surface area contributed by atoms with E-state index in [1.165, 1.54) is 0 Å². The first-order valence-electron chi connectivity index (χ1n) is 7.02. The maximum Gasteiger partial charge on any atom is 0.226 e. The normalized spacial score (nSPS) is 29.1. The largest absolute Gasteiger partial charge is 0.374 e. The third-order valence-electron chi connectivity index (χ3n) is 4.06. The minimum atomic E-state index is -0.187. The first-order valence-corrected chi connectivity index (χ1v) is 7.02. The van der Waals surface area contributed by atoms with Crippen molar-refractivity contribution in [1.82, 2.24) is 5.32 Å². The highest BCUT2D eigenvalue weighted by Crippen LogP contribution is 2.32. The van der Waals surface area contributed by atoms with Gasteiger partial charge in [0.1, 0.15) is 0 Å². The van der Waals surface area contributed by atoms with E-state index in [2.05, 4.69) is 5.32 Å². The van der Waals surface area contributed by atoms with Crippen LogP contribution in [0.25, 0.3) is 0 Å². The molecule has 4 atom stereocenters. The number of nitrogens with one attached hydrogen (secondary N) is 1. The van der Waals surface area contributed by atoms with Crippen LogP contribution in [0.3, 0.4) is 0 Å². The van der Waals surface area contributed by atoms with E-state index in [1.807, 2.05) is 39.0 Å². The molecule has 0 aromatic heterocycles. The van der Waals surface area contributed by atoms with Crippen molar-refractivity contribution in [3.8, 4) is 0 Å². The van der Waals surface area contributed by atoms with Crippen molar-refractivity contribution in [3.05, 3.63) is 35.9 Å². The lowest BCUT2D eigenvalue weighted by Crippen LogP contribution is -2.39. The molecule has 1 aromatic carbocycles. The molecule has 0 saturated carbocycles. The van der Waals surface area contributed by atoms with Crippen molar-refractivity contribution in [1.29, 1.82) is 0 Å². The number of ether oxygens (including phenoxy) is 1. The number of amides is 1. The number of carbonyl (C=O) groups excluding carboxylic acids is 2. The molecule has 1 aromatic rings. The Balaban J connectivity index is 1.91. The van der Waals surface area contributed by atoms with Gasteiger partial charge in [-0.05, 0) is 19.8 Å². The van der Waals surface area contributed by atoms with Gasteiger partial charge in [0.2, 0.25) is 5.91 Å². The van der Waals surface area contributed by atoms with Crippen LogP contribution in [0.1, 0.15) is 31.1 Å². The van der Waals surface area contributed by atoms with Gasteiger partial charge in [-0.25, -0.2) is 0 Å². The van der Waals surface area contributed by atoms with Crippen LogP contribution >= 0.6 is 0 Å². The molecule has 0 aliphatic carbocycles. The monoisotopic (exact) mass is 275 g/mol. The zero-order valence-corrected chi connectivity index (χ0v) is 12.1. The Labute approximate surface area is 119 Å². The number of hydrogen-bond acceptors (Lipinski definition) is 3. The molecule has 0 spiro atoms. The molecule has 20 heavy (non-hydrogen) atoms. The Hall–Kier alpha value is -1.68. The van der Waals surface area contributed by atoms with Crippen LogP contribution in [-0.4, -0.2) is 30.4 Å². The second-order valence-electron chi connectivity index (χ2n) is 5.44. The second kappa shape index (κ2) is 6.18. The lowest BCUT2D eigenvalue weighted by Gasteiger charge is -2.17. The summed E-state index contributed by atoms with van der Waals surface area (Å²) in [5.41, 5.74) is 0.616. The van der Waals surface area contributed by atoms with Crippen LogP contribution in [-0.2, 0) is 9.53 Å². The van der Waals surface area contributed by atoms with E-state index in [0.29, 0.717) is 5.56 Å². The zero-order valence-electron chi connectivity index (χ0n) is 12.1. The first kappa shape index (κ1) is 14.7. The van der Waals surface area contributed by atoms with Crippen molar-refractivity contribution >= 4 is 11.7 Å². The van der Waals surface area contributed by atoms with E-state index in [4.69, 9.17) is 4.74 Å². The Bertz CT molecular complexity index is 486. The number of ketones is 1. The maximum absolute atomic E-state index is 12.2. The Morgan fingerprint density at radius 2 is 1.75 bits per heavy atom. The van der Waals surface area contributed by atoms with Gasteiger partial charge in [-0.15, -0.1) is 0 Å². The minimum Gasteiger partial charge on any atom is -0.374 e. The molecule has 1 fully saturated rings. The molecule has 1 amide bonds. The molecule has 0 bridgehead atoms. The number of carbonyl (C=O) groups is 2. The third-order valence-corrected chi connectivity index (χ3v) is 4.06. The standard InChI is InChI=1S/C16H21NO3/c1-10-11(2)20-12(3)15(10)16(19)17-9-14(18)13-7-5-4-6-8-13/h4-8,10-12,15H,9H2,1-3H3,(H,17,19). The van der Waals surface area contributed by atoms with Gasteiger partial charge in [0.05, 0.1) is 24.7 Å². The number of benzene rings is 1. The molecule has 4 heteroatoms. The SMILES string of the molecule is CC1OC(C)C(C(=O)NCC(=O)c2ccccc2)C1C. The van der Waals surface area contributed by atoms with Gasteiger partial charge in [-0.2, -0.15) is 0 Å². The molecule has 1 aliphatic rings. The average Bonchev–Trinajstić information content (AvgIpc) is 2.70. The number of Topliss-reactive ketones (excluding diaryl/α,β-unsaturated/α-hetero) is 1. The van der Waals surface area contributed by atoms with Gasteiger partial charge in [0, 0.05) is 5.56 Å². The van der Waals surface area contributed by atoms with Gasteiger partial charge in [-0.3, -0.25) is 9.59 Å². The summed E-state index contributed by atoms with van der Waals surface area (Å²) in [6, 6.07) is 8.98. The van der Waals surface area contributed by atoms with Crippen molar-refractivity contribution < 1.29 is 14.3 Å². The van der Waals surface area contributed by atoms with Crippen molar-refractivity contribution in [2.75, 3.05) is 6.54 Å². The number of rotatable bonds is 4. The van der Waals surface area contributed by atoms with Gasteiger partial charge in [0.15, 0.2) is 5.78 Å². The summed E-state index contributed by atoms with van der Waals surface area (Å²) in [6.07, 6.45) is -0.0302. The lowest BCUT2D eigenvalue weighted by atomic mass is 9.89. The predicted molar refractivity (Wildman–Crippen MR) is 76.4 cm³/mol. The molecular weight excluding hydrogens is 254 g/mol. The molecule has 4 unspecified atom stereocenters. The second-order valence-corrected chi connectivity index (χ2v) is 5.44. The first-order chi connectivity index (χ1) is 9.50. The maximum atomic E-state index is 12.2. The summed E-state index contributed by atoms with van der Waals surface area (Å²) in [5, 5.41) is 2.74. The molecular formula is C16H21NO3. The number of hydrogen-bond donors (Lipinski definition) is 1. The third kappa shape index (κ3) is 3.07. The van der Waals surface area contributed by atoms with Crippen LogP contribution in [0.5, 0.6) is 0 Å². The average molecular weight is 275 g/mol. The lowest BCUT2D eigenvalue weighted by molar-refractivity contribution is -0.127. The summed E-state index contributed by atoms with van der Waals surface area (Å²) in [5.74, 6) is -0.199. The van der Waals surface area contributed by atoms with E-state index in [0.717, 1.165) is 0 Å². The summed E-state index contributed by atoms with van der Waals surface area (Å²) in [7, 11) is 0. The van der Waals surface area contributed by atoms with Crippen molar-refractivity contribution in [3.63, 3.8) is 0 Å². The zero-order chi connectivity index (χ0) is 14.7. The summed E-state index contributed by atoms with van der Waals surface area (Å²) in [6.45, 7) is 5.93. The summed E-state index contributed by atoms with van der Waals surface area (Å²) >= 11 is 0. The Morgan fingerprint density at radius 3 is 2.30 bits per heavy atom. The Kier molecular flexibility index (Phi) is 4.55. The molecule has 1 heterocycles. The van der Waals surface area contributed by atoms with E-state index in [-0.39, 0.29) is 42.3 Å². The van der Waals surface area contributed by atoms with Gasteiger partial charge >= 0.3 is 0 Å². The highest BCUT2D eigenvalue weighted by Gasteiger charge is 2.41. The summed E-state index contributed by atoms with van der Waals surface area (Å²) in [4.78, 5) is 24.1. The van der Waals surface area contributed by atoms with Crippen molar-refractivity contribution in [2.45, 2.75) is 33.0 Å². The van der Waals surface area contributed by atoms with E-state index in [9.17, 15) is 9.59 Å².